The zero-order valence-corrected chi connectivity index (χ0v) is 14.4. The second kappa shape index (κ2) is 8.26. The Morgan fingerprint density at radius 1 is 1.19 bits per heavy atom. The van der Waals surface area contributed by atoms with E-state index < -0.39 is 17.8 Å². The summed E-state index contributed by atoms with van der Waals surface area (Å²) in [6.45, 7) is 3.01. The van der Waals surface area contributed by atoms with Gasteiger partial charge in [-0.25, -0.2) is 9.78 Å². The van der Waals surface area contributed by atoms with Crippen LogP contribution in [0.2, 0.25) is 0 Å². The van der Waals surface area contributed by atoms with Crippen LogP contribution in [0.3, 0.4) is 0 Å². The van der Waals surface area contributed by atoms with E-state index in [1.54, 1.807) is 12.3 Å². The van der Waals surface area contributed by atoms with Crippen LogP contribution < -0.4 is 15.5 Å². The number of carbonyl (C=O) groups excluding carboxylic acids is 1. The van der Waals surface area contributed by atoms with Gasteiger partial charge in [0.15, 0.2) is 0 Å². The van der Waals surface area contributed by atoms with Crippen molar-refractivity contribution in [1.82, 2.24) is 10.3 Å². The number of alkyl halides is 3. The molecule has 144 valence electrons. The minimum absolute atomic E-state index is 0.0751. The molecule has 1 aromatic carbocycles. The predicted octanol–water partition coefficient (Wildman–Crippen LogP) is 3.26. The fourth-order valence-electron chi connectivity index (χ4n) is 2.67. The van der Waals surface area contributed by atoms with E-state index >= 15 is 0 Å². The van der Waals surface area contributed by atoms with E-state index in [1.807, 2.05) is 6.07 Å². The molecule has 6 nitrogen and oxygen atoms in total. The molecule has 0 aliphatic carbocycles. The van der Waals surface area contributed by atoms with Crippen LogP contribution in [-0.4, -0.2) is 37.3 Å². The van der Waals surface area contributed by atoms with E-state index in [0.29, 0.717) is 13.2 Å². The highest BCUT2D eigenvalue weighted by molar-refractivity contribution is 5.89. The summed E-state index contributed by atoms with van der Waals surface area (Å²) < 4.78 is 43.5. The number of aromatic nitrogens is 1. The maximum atomic E-state index is 12.7. The zero-order valence-electron chi connectivity index (χ0n) is 14.4. The van der Waals surface area contributed by atoms with Crippen molar-refractivity contribution >= 4 is 17.5 Å². The van der Waals surface area contributed by atoms with Crippen LogP contribution in [0.5, 0.6) is 0 Å². The van der Waals surface area contributed by atoms with Crippen LogP contribution in [0.1, 0.15) is 11.1 Å². The van der Waals surface area contributed by atoms with Crippen LogP contribution in [0.25, 0.3) is 0 Å². The second-order valence-corrected chi connectivity index (χ2v) is 6.01. The summed E-state index contributed by atoms with van der Waals surface area (Å²) in [5.74, 6) is 0.802. The number of anilines is 2. The maximum absolute atomic E-state index is 12.7. The Hall–Kier alpha value is -2.81. The predicted molar refractivity (Wildman–Crippen MR) is 94.6 cm³/mol. The zero-order chi connectivity index (χ0) is 19.3. The van der Waals surface area contributed by atoms with Gasteiger partial charge in [-0.05, 0) is 35.9 Å². The van der Waals surface area contributed by atoms with Gasteiger partial charge in [0.2, 0.25) is 0 Å². The van der Waals surface area contributed by atoms with Gasteiger partial charge >= 0.3 is 12.2 Å². The number of carbonyl (C=O) groups is 1. The number of halogens is 3. The van der Waals surface area contributed by atoms with Crippen LogP contribution in [0.4, 0.5) is 29.5 Å². The number of benzene rings is 1. The topological polar surface area (TPSA) is 66.5 Å². The maximum Gasteiger partial charge on any atom is 0.416 e. The first-order valence-electron chi connectivity index (χ1n) is 8.41. The van der Waals surface area contributed by atoms with Crippen molar-refractivity contribution < 1.29 is 22.7 Å². The van der Waals surface area contributed by atoms with Crippen molar-refractivity contribution in [1.29, 1.82) is 0 Å². The summed E-state index contributed by atoms with van der Waals surface area (Å²) in [4.78, 5) is 18.4. The Kier molecular flexibility index (Phi) is 5.80. The molecule has 2 N–H and O–H groups in total. The normalized spacial score (nSPS) is 14.7. The third-order valence-electron chi connectivity index (χ3n) is 4.05. The molecule has 1 fully saturated rings. The minimum Gasteiger partial charge on any atom is -0.378 e. The summed E-state index contributed by atoms with van der Waals surface area (Å²) in [7, 11) is 0. The van der Waals surface area contributed by atoms with E-state index in [0.717, 1.165) is 36.6 Å². The number of morpholine rings is 1. The summed E-state index contributed by atoms with van der Waals surface area (Å²) in [5.41, 5.74) is 0.0985. The minimum atomic E-state index is -4.46. The molecule has 0 radical (unpaired) electrons. The smallest absolute Gasteiger partial charge is 0.378 e. The molecule has 0 spiro atoms. The molecule has 0 unspecified atom stereocenters. The molecule has 1 aliphatic heterocycles. The lowest BCUT2D eigenvalue weighted by Crippen LogP contribution is -2.36. The van der Waals surface area contributed by atoms with Crippen molar-refractivity contribution in [3.63, 3.8) is 0 Å². The van der Waals surface area contributed by atoms with Crippen LogP contribution in [0.15, 0.2) is 42.6 Å². The quantitative estimate of drug-likeness (QED) is 0.855. The first-order valence-corrected chi connectivity index (χ1v) is 8.41. The van der Waals surface area contributed by atoms with Gasteiger partial charge in [-0.2, -0.15) is 13.2 Å². The summed E-state index contributed by atoms with van der Waals surface area (Å²) >= 11 is 0. The number of urea groups is 1. The molecule has 1 aliphatic rings. The van der Waals surface area contributed by atoms with Gasteiger partial charge in [0.25, 0.3) is 0 Å². The first kappa shape index (κ1) is 19.0. The van der Waals surface area contributed by atoms with Crippen molar-refractivity contribution in [2.75, 3.05) is 36.5 Å². The Labute approximate surface area is 154 Å². The average Bonchev–Trinajstić information content (AvgIpc) is 2.67. The number of pyridine rings is 1. The fraction of sp³-hybridized carbons (Fsp3) is 0.333. The van der Waals surface area contributed by atoms with Crippen molar-refractivity contribution in [3.05, 3.63) is 53.7 Å². The molecule has 1 aromatic heterocycles. The molecule has 0 bridgehead atoms. The third-order valence-corrected chi connectivity index (χ3v) is 4.05. The van der Waals surface area contributed by atoms with Crippen molar-refractivity contribution in [2.24, 2.45) is 0 Å². The Morgan fingerprint density at radius 3 is 2.70 bits per heavy atom. The highest BCUT2D eigenvalue weighted by Crippen LogP contribution is 2.30. The molecule has 1 saturated heterocycles. The van der Waals surface area contributed by atoms with Gasteiger partial charge in [0.05, 0.1) is 18.8 Å². The molecule has 3 rings (SSSR count). The number of rotatable bonds is 4. The van der Waals surface area contributed by atoms with Crippen molar-refractivity contribution in [3.8, 4) is 0 Å². The lowest BCUT2D eigenvalue weighted by Gasteiger charge is -2.28. The van der Waals surface area contributed by atoms with Gasteiger partial charge in [-0.1, -0.05) is 6.07 Å². The number of hydrogen-bond donors (Lipinski definition) is 2. The molecule has 2 amide bonds. The summed E-state index contributed by atoms with van der Waals surface area (Å²) in [6.07, 6.45) is -2.80. The average molecular weight is 380 g/mol. The molecular formula is C18H19F3N4O2. The SMILES string of the molecule is O=C(NCc1ccnc(N2CCOCC2)c1)Nc1cccc(C(F)(F)F)c1. The molecule has 0 atom stereocenters. The monoisotopic (exact) mass is 380 g/mol. The Morgan fingerprint density at radius 2 is 1.96 bits per heavy atom. The highest BCUT2D eigenvalue weighted by atomic mass is 19.4. The second-order valence-electron chi connectivity index (χ2n) is 6.01. The third kappa shape index (κ3) is 5.33. The Bertz CT molecular complexity index is 792. The molecule has 0 saturated carbocycles. The van der Waals surface area contributed by atoms with E-state index in [4.69, 9.17) is 4.74 Å². The standard InChI is InChI=1S/C18H19F3N4O2/c19-18(20,21)14-2-1-3-15(11-14)24-17(26)23-12-13-4-5-22-16(10-13)25-6-8-27-9-7-25/h1-5,10-11H,6-9,12H2,(H2,23,24,26). The summed E-state index contributed by atoms with van der Waals surface area (Å²) in [6, 6.07) is 7.55. The van der Waals surface area contributed by atoms with Gasteiger partial charge in [-0.15, -0.1) is 0 Å². The molecule has 27 heavy (non-hydrogen) atoms. The number of ether oxygens (including phenoxy) is 1. The van der Waals surface area contributed by atoms with Gasteiger partial charge in [0, 0.05) is 31.5 Å². The van der Waals surface area contributed by atoms with Gasteiger partial charge in [-0.3, -0.25) is 0 Å². The van der Waals surface area contributed by atoms with Crippen LogP contribution in [-0.2, 0) is 17.5 Å². The van der Waals surface area contributed by atoms with Gasteiger partial charge < -0.3 is 20.3 Å². The molecular weight excluding hydrogens is 361 g/mol. The largest absolute Gasteiger partial charge is 0.416 e. The van der Waals surface area contributed by atoms with E-state index in [1.165, 1.54) is 12.1 Å². The van der Waals surface area contributed by atoms with E-state index in [2.05, 4.69) is 20.5 Å². The molecule has 2 aromatic rings. The van der Waals surface area contributed by atoms with Crippen LogP contribution >= 0.6 is 0 Å². The number of hydrogen-bond acceptors (Lipinski definition) is 4. The molecule has 9 heteroatoms. The fourth-order valence-corrected chi connectivity index (χ4v) is 2.67. The van der Waals surface area contributed by atoms with E-state index in [9.17, 15) is 18.0 Å². The summed E-state index contributed by atoms with van der Waals surface area (Å²) in [5, 5.41) is 5.04. The number of nitrogens with zero attached hydrogens (tertiary/aromatic N) is 2. The number of amides is 2. The van der Waals surface area contributed by atoms with Gasteiger partial charge in [0.1, 0.15) is 5.82 Å². The van der Waals surface area contributed by atoms with Crippen LogP contribution in [0, 0.1) is 0 Å². The molecule has 2 heterocycles. The van der Waals surface area contributed by atoms with Crippen molar-refractivity contribution in [2.45, 2.75) is 12.7 Å². The Balaban J connectivity index is 1.56. The number of nitrogens with one attached hydrogen (secondary N) is 2. The lowest BCUT2D eigenvalue weighted by atomic mass is 10.2. The lowest BCUT2D eigenvalue weighted by molar-refractivity contribution is -0.137. The highest BCUT2D eigenvalue weighted by Gasteiger charge is 2.30. The van der Waals surface area contributed by atoms with E-state index in [-0.39, 0.29) is 12.2 Å². The first-order chi connectivity index (χ1) is 12.9.